The third-order valence-electron chi connectivity index (χ3n) is 2.45. The minimum absolute atomic E-state index is 0.0567. The number of methoxy groups -OCH3 is 2. The zero-order valence-corrected chi connectivity index (χ0v) is 12.4. The van der Waals surface area contributed by atoms with Gasteiger partial charge in [0, 0.05) is 27.4 Å². The average Bonchev–Trinajstić information content (AvgIpc) is 2.44. The second-order valence-corrected chi connectivity index (χ2v) is 4.04. The first kappa shape index (κ1) is 17.1. The number of nitrogens with zero attached hydrogens (tertiary/aromatic N) is 3. The number of ether oxygens (including phenoxy) is 3. The number of rotatable bonds is 10. The second kappa shape index (κ2) is 9.03. The Morgan fingerprint density at radius 3 is 2.62 bits per heavy atom. The molecule has 0 bridgehead atoms. The van der Waals surface area contributed by atoms with Crippen molar-refractivity contribution in [3.63, 3.8) is 0 Å². The number of aromatic nitrogens is 2. The van der Waals surface area contributed by atoms with E-state index in [4.69, 9.17) is 14.2 Å². The highest BCUT2D eigenvalue weighted by molar-refractivity contribution is 5.61. The molecule has 0 atom stereocenters. The minimum atomic E-state index is -0.555. The number of hydrogen-bond acceptors (Lipinski definition) is 8. The summed E-state index contributed by atoms with van der Waals surface area (Å²) in [5.41, 5.74) is -0.269. The van der Waals surface area contributed by atoms with E-state index in [1.807, 2.05) is 0 Å². The molecule has 1 N–H and O–H groups in total. The van der Waals surface area contributed by atoms with Gasteiger partial charge in [0.1, 0.15) is 6.61 Å². The van der Waals surface area contributed by atoms with E-state index < -0.39 is 4.92 Å². The van der Waals surface area contributed by atoms with Crippen molar-refractivity contribution in [1.29, 1.82) is 0 Å². The van der Waals surface area contributed by atoms with E-state index in [9.17, 15) is 10.1 Å². The molecule has 9 heteroatoms. The number of hydrogen-bond donors (Lipinski definition) is 1. The van der Waals surface area contributed by atoms with E-state index >= 15 is 0 Å². The van der Waals surface area contributed by atoms with Crippen LogP contribution in [0.25, 0.3) is 0 Å². The fourth-order valence-corrected chi connectivity index (χ4v) is 1.62. The quantitative estimate of drug-likeness (QED) is 0.392. The van der Waals surface area contributed by atoms with E-state index in [0.717, 1.165) is 0 Å². The lowest BCUT2D eigenvalue weighted by atomic mass is 10.4. The summed E-state index contributed by atoms with van der Waals surface area (Å²) in [6, 6.07) is 0. The standard InChI is InChI=1S/C12H20N4O5/c1-4-21-12-10(16(17)18)11(13-6-5-7-19-2)14-9(15-12)8-20-3/h4-8H2,1-3H3,(H,13,14,15). The van der Waals surface area contributed by atoms with Crippen molar-refractivity contribution in [1.82, 2.24) is 9.97 Å². The van der Waals surface area contributed by atoms with Gasteiger partial charge in [-0.2, -0.15) is 4.98 Å². The summed E-state index contributed by atoms with van der Waals surface area (Å²) in [5, 5.41) is 14.1. The van der Waals surface area contributed by atoms with Crippen LogP contribution in [0.3, 0.4) is 0 Å². The lowest BCUT2D eigenvalue weighted by Crippen LogP contribution is -2.13. The van der Waals surface area contributed by atoms with Crippen molar-refractivity contribution in [3.8, 4) is 5.88 Å². The van der Waals surface area contributed by atoms with Gasteiger partial charge in [-0.15, -0.1) is 0 Å². The fourth-order valence-electron chi connectivity index (χ4n) is 1.62. The maximum absolute atomic E-state index is 11.2. The Hall–Kier alpha value is -2.00. The summed E-state index contributed by atoms with van der Waals surface area (Å²) in [4.78, 5) is 18.8. The molecule has 1 rings (SSSR count). The molecule has 0 aromatic carbocycles. The largest absolute Gasteiger partial charge is 0.473 e. The first-order valence-electron chi connectivity index (χ1n) is 6.53. The minimum Gasteiger partial charge on any atom is -0.473 e. The van der Waals surface area contributed by atoms with Gasteiger partial charge < -0.3 is 19.5 Å². The van der Waals surface area contributed by atoms with Gasteiger partial charge in [-0.25, -0.2) is 4.98 Å². The molecule has 0 unspecified atom stereocenters. The Labute approximate surface area is 122 Å². The summed E-state index contributed by atoms with van der Waals surface area (Å²) < 4.78 is 15.1. The molecule has 0 aliphatic heterocycles. The topological polar surface area (TPSA) is 109 Å². The lowest BCUT2D eigenvalue weighted by Gasteiger charge is -2.11. The zero-order chi connectivity index (χ0) is 15.7. The molecule has 0 aliphatic carbocycles. The van der Waals surface area contributed by atoms with Gasteiger partial charge >= 0.3 is 5.69 Å². The molecule has 9 nitrogen and oxygen atoms in total. The summed E-state index contributed by atoms with van der Waals surface area (Å²) >= 11 is 0. The summed E-state index contributed by atoms with van der Waals surface area (Å²) in [7, 11) is 3.09. The van der Waals surface area contributed by atoms with Gasteiger partial charge in [-0.05, 0) is 13.3 Å². The summed E-state index contributed by atoms with van der Waals surface area (Å²) in [6.07, 6.45) is 0.696. The highest BCUT2D eigenvalue weighted by atomic mass is 16.6. The predicted molar refractivity (Wildman–Crippen MR) is 75.6 cm³/mol. The molecular formula is C12H20N4O5. The molecular weight excluding hydrogens is 280 g/mol. The molecule has 1 aromatic rings. The molecule has 0 spiro atoms. The molecule has 0 fully saturated rings. The first-order valence-corrected chi connectivity index (χ1v) is 6.53. The van der Waals surface area contributed by atoms with E-state index in [1.54, 1.807) is 14.0 Å². The van der Waals surface area contributed by atoms with Crippen LogP contribution in [0.15, 0.2) is 0 Å². The van der Waals surface area contributed by atoms with Crippen molar-refractivity contribution in [2.24, 2.45) is 0 Å². The van der Waals surface area contributed by atoms with Crippen LogP contribution in [-0.4, -0.2) is 48.9 Å². The smallest absolute Gasteiger partial charge is 0.372 e. The van der Waals surface area contributed by atoms with Gasteiger partial charge in [0.05, 0.1) is 11.5 Å². The van der Waals surface area contributed by atoms with Crippen LogP contribution in [0.4, 0.5) is 11.5 Å². The predicted octanol–water partition coefficient (Wildman–Crippen LogP) is 1.38. The van der Waals surface area contributed by atoms with Gasteiger partial charge in [-0.1, -0.05) is 0 Å². The molecule has 0 saturated heterocycles. The van der Waals surface area contributed by atoms with Crippen molar-refractivity contribution in [2.45, 2.75) is 20.0 Å². The van der Waals surface area contributed by atoms with Crippen LogP contribution in [0.1, 0.15) is 19.2 Å². The zero-order valence-electron chi connectivity index (χ0n) is 12.4. The molecule has 0 radical (unpaired) electrons. The van der Waals surface area contributed by atoms with Crippen molar-refractivity contribution in [2.75, 3.05) is 39.3 Å². The number of nitro groups is 1. The monoisotopic (exact) mass is 300 g/mol. The Morgan fingerprint density at radius 2 is 2.05 bits per heavy atom. The highest BCUT2D eigenvalue weighted by Gasteiger charge is 2.26. The molecule has 0 aliphatic rings. The Kier molecular flexibility index (Phi) is 7.33. The van der Waals surface area contributed by atoms with Gasteiger partial charge in [0.2, 0.25) is 5.82 Å². The number of nitrogens with one attached hydrogen (secondary N) is 1. The highest BCUT2D eigenvalue weighted by Crippen LogP contribution is 2.32. The maximum atomic E-state index is 11.2. The molecule has 1 aromatic heterocycles. The van der Waals surface area contributed by atoms with Crippen LogP contribution in [-0.2, 0) is 16.1 Å². The van der Waals surface area contributed by atoms with Crippen LogP contribution < -0.4 is 10.1 Å². The third-order valence-corrected chi connectivity index (χ3v) is 2.45. The molecule has 21 heavy (non-hydrogen) atoms. The maximum Gasteiger partial charge on any atom is 0.372 e. The lowest BCUT2D eigenvalue weighted by molar-refractivity contribution is -0.385. The van der Waals surface area contributed by atoms with Gasteiger partial charge in [0.15, 0.2) is 5.82 Å². The molecule has 0 amide bonds. The van der Waals surface area contributed by atoms with Crippen LogP contribution in [0, 0.1) is 10.1 Å². The van der Waals surface area contributed by atoms with Gasteiger partial charge in [-0.3, -0.25) is 10.1 Å². The van der Waals surface area contributed by atoms with Crippen LogP contribution in [0.5, 0.6) is 5.88 Å². The molecule has 0 saturated carbocycles. The SMILES string of the molecule is CCOc1nc(COC)nc(NCCCOC)c1[N+](=O)[O-]. The molecule has 118 valence electrons. The third kappa shape index (κ3) is 5.12. The molecule has 1 heterocycles. The Balaban J connectivity index is 3.06. The van der Waals surface area contributed by atoms with Crippen LogP contribution >= 0.6 is 0 Å². The normalized spacial score (nSPS) is 10.4. The number of anilines is 1. The van der Waals surface area contributed by atoms with Crippen molar-refractivity contribution in [3.05, 3.63) is 15.9 Å². The van der Waals surface area contributed by atoms with Crippen LogP contribution in [0.2, 0.25) is 0 Å². The van der Waals surface area contributed by atoms with E-state index in [-0.39, 0.29) is 30.6 Å². The van der Waals surface area contributed by atoms with E-state index in [1.165, 1.54) is 7.11 Å². The second-order valence-electron chi connectivity index (χ2n) is 4.04. The van der Waals surface area contributed by atoms with E-state index in [2.05, 4.69) is 15.3 Å². The fraction of sp³-hybridized carbons (Fsp3) is 0.667. The van der Waals surface area contributed by atoms with E-state index in [0.29, 0.717) is 25.4 Å². The Morgan fingerprint density at radius 1 is 1.29 bits per heavy atom. The summed E-state index contributed by atoms with van der Waals surface area (Å²) in [6.45, 7) is 3.19. The van der Waals surface area contributed by atoms with Gasteiger partial charge in [0.25, 0.3) is 5.88 Å². The van der Waals surface area contributed by atoms with Crippen molar-refractivity contribution >= 4 is 11.5 Å². The first-order chi connectivity index (χ1) is 10.1. The average molecular weight is 300 g/mol. The Bertz CT molecular complexity index is 469. The summed E-state index contributed by atoms with van der Waals surface area (Å²) in [5.74, 6) is 0.390. The van der Waals surface area contributed by atoms with Crippen molar-refractivity contribution < 1.29 is 19.1 Å².